The number of nitrogens with two attached hydrogens (primary N) is 1. The molecule has 31 heavy (non-hydrogen) atoms. The Hall–Kier alpha value is -4.12. The lowest BCUT2D eigenvalue weighted by Crippen LogP contribution is -2.39. The Morgan fingerprint density at radius 3 is 2.55 bits per heavy atom. The highest BCUT2D eigenvalue weighted by atomic mass is 16.6. The van der Waals surface area contributed by atoms with Gasteiger partial charge in [-0.25, -0.2) is 0 Å². The number of allylic oxidation sites excluding steroid dienone is 3. The van der Waals surface area contributed by atoms with Crippen molar-refractivity contribution in [3.8, 4) is 11.8 Å². The maximum absolute atomic E-state index is 13.1. The van der Waals surface area contributed by atoms with Crippen LogP contribution in [-0.2, 0) is 4.79 Å². The molecule has 0 aromatic heterocycles. The van der Waals surface area contributed by atoms with E-state index in [0.717, 1.165) is 5.56 Å². The van der Waals surface area contributed by atoms with Gasteiger partial charge in [0.15, 0.2) is 5.78 Å². The van der Waals surface area contributed by atoms with Gasteiger partial charge in [0, 0.05) is 23.8 Å². The molecule has 0 unspecified atom stereocenters. The molecule has 8 heteroatoms. The molecule has 0 amide bonds. The molecule has 4 rings (SSSR count). The molecule has 1 aliphatic heterocycles. The lowest BCUT2D eigenvalue weighted by atomic mass is 9.75. The number of nitro benzene ring substituents is 1. The molecule has 2 aliphatic rings. The van der Waals surface area contributed by atoms with Crippen LogP contribution in [0.2, 0.25) is 0 Å². The zero-order valence-corrected chi connectivity index (χ0v) is 16.9. The van der Waals surface area contributed by atoms with Gasteiger partial charge in [0.25, 0.3) is 5.69 Å². The lowest BCUT2D eigenvalue weighted by molar-refractivity contribution is -0.384. The second-order valence-electron chi connectivity index (χ2n) is 7.34. The zero-order valence-electron chi connectivity index (χ0n) is 16.9. The van der Waals surface area contributed by atoms with Crippen molar-refractivity contribution < 1.29 is 14.5 Å². The van der Waals surface area contributed by atoms with Gasteiger partial charge in [-0.2, -0.15) is 5.26 Å². The number of methoxy groups -OCH3 is 1. The first kappa shape index (κ1) is 20.2. The number of anilines is 1. The minimum Gasteiger partial charge on any atom is -0.497 e. The van der Waals surface area contributed by atoms with Crippen LogP contribution in [0.5, 0.6) is 5.75 Å². The fourth-order valence-electron chi connectivity index (χ4n) is 4.30. The quantitative estimate of drug-likeness (QED) is 0.592. The molecule has 0 saturated carbocycles. The molecule has 1 heterocycles. The van der Waals surface area contributed by atoms with E-state index in [9.17, 15) is 20.2 Å². The number of Topliss-reactive ketones (excluding diaryl/α,β-unsaturated/α-hetero) is 1. The van der Waals surface area contributed by atoms with E-state index in [1.807, 2.05) is 0 Å². The highest BCUT2D eigenvalue weighted by molar-refractivity contribution is 6.01. The fourth-order valence-corrected chi connectivity index (χ4v) is 4.30. The van der Waals surface area contributed by atoms with Gasteiger partial charge < -0.3 is 10.5 Å². The third-order valence-electron chi connectivity index (χ3n) is 5.68. The van der Waals surface area contributed by atoms with Crippen LogP contribution in [0.1, 0.15) is 30.7 Å². The smallest absolute Gasteiger partial charge is 0.293 e. The van der Waals surface area contributed by atoms with E-state index < -0.39 is 10.8 Å². The first-order valence-corrected chi connectivity index (χ1v) is 9.81. The average molecular weight is 416 g/mol. The van der Waals surface area contributed by atoms with Crippen molar-refractivity contribution in [3.05, 3.63) is 86.9 Å². The van der Waals surface area contributed by atoms with Crippen molar-refractivity contribution in [3.63, 3.8) is 0 Å². The van der Waals surface area contributed by atoms with E-state index in [2.05, 4.69) is 6.07 Å². The summed E-state index contributed by atoms with van der Waals surface area (Å²) in [6.07, 6.45) is 1.49. The second kappa shape index (κ2) is 7.95. The average Bonchev–Trinajstić information content (AvgIpc) is 2.78. The van der Waals surface area contributed by atoms with Crippen molar-refractivity contribution in [1.29, 1.82) is 5.26 Å². The monoisotopic (exact) mass is 416 g/mol. The number of benzene rings is 2. The van der Waals surface area contributed by atoms with Gasteiger partial charge in [0.1, 0.15) is 17.3 Å². The first-order chi connectivity index (χ1) is 15.0. The number of nitriles is 1. The van der Waals surface area contributed by atoms with Gasteiger partial charge in [-0.3, -0.25) is 19.8 Å². The van der Waals surface area contributed by atoms with Crippen LogP contribution in [-0.4, -0.2) is 17.8 Å². The standard InChI is InChI=1S/C23H20N4O4/c1-31-15-11-9-14(10-12-15)21-16(13-24)23(25)26(19-7-4-8-20(28)22(19)21)17-5-2-3-6-18(17)27(29)30/h2-3,5-6,9-12,21H,4,7-8,25H2,1H3/t21-/m1/s1. The van der Waals surface area contributed by atoms with E-state index in [0.29, 0.717) is 36.3 Å². The van der Waals surface area contributed by atoms with Crippen molar-refractivity contribution >= 4 is 17.2 Å². The molecule has 1 aliphatic carbocycles. The zero-order chi connectivity index (χ0) is 22.1. The van der Waals surface area contributed by atoms with Crippen molar-refractivity contribution in [2.45, 2.75) is 25.2 Å². The number of carbonyl (C=O) groups excluding carboxylic acids is 1. The number of para-hydroxylation sites is 2. The summed E-state index contributed by atoms with van der Waals surface area (Å²) >= 11 is 0. The number of hydrogen-bond donors (Lipinski definition) is 1. The predicted octanol–water partition coefficient (Wildman–Crippen LogP) is 3.91. The maximum Gasteiger partial charge on any atom is 0.293 e. The molecule has 2 N–H and O–H groups in total. The second-order valence-corrected chi connectivity index (χ2v) is 7.34. The summed E-state index contributed by atoms with van der Waals surface area (Å²) in [4.78, 5) is 25.8. The summed E-state index contributed by atoms with van der Waals surface area (Å²) in [7, 11) is 1.56. The van der Waals surface area contributed by atoms with Crippen LogP contribution >= 0.6 is 0 Å². The lowest BCUT2D eigenvalue weighted by Gasteiger charge is -2.39. The molecule has 0 bridgehead atoms. The number of ether oxygens (including phenoxy) is 1. The van der Waals surface area contributed by atoms with Gasteiger partial charge >= 0.3 is 0 Å². The van der Waals surface area contributed by atoms with Gasteiger partial charge in [0.05, 0.1) is 29.6 Å². The number of ketones is 1. The minimum absolute atomic E-state index is 0.0779. The van der Waals surface area contributed by atoms with Crippen molar-refractivity contribution in [2.75, 3.05) is 12.0 Å². The summed E-state index contributed by atoms with van der Waals surface area (Å²) in [6.45, 7) is 0. The Labute approximate surface area is 179 Å². The number of nitrogens with zero attached hydrogens (tertiary/aromatic N) is 3. The van der Waals surface area contributed by atoms with Crippen LogP contribution in [0.3, 0.4) is 0 Å². The van der Waals surface area contributed by atoms with E-state index in [4.69, 9.17) is 10.5 Å². The Kier molecular flexibility index (Phi) is 5.17. The van der Waals surface area contributed by atoms with Crippen LogP contribution in [0.4, 0.5) is 11.4 Å². The molecule has 8 nitrogen and oxygen atoms in total. The molecule has 156 valence electrons. The topological polar surface area (TPSA) is 122 Å². The summed E-state index contributed by atoms with van der Waals surface area (Å²) in [6, 6.07) is 15.5. The molecule has 0 spiro atoms. The third kappa shape index (κ3) is 3.30. The molecule has 0 saturated heterocycles. The van der Waals surface area contributed by atoms with Crippen molar-refractivity contribution in [2.24, 2.45) is 5.73 Å². The molecule has 0 fully saturated rings. The highest BCUT2D eigenvalue weighted by Gasteiger charge is 2.41. The Morgan fingerprint density at radius 2 is 1.90 bits per heavy atom. The van der Waals surface area contributed by atoms with Gasteiger partial charge in [-0.1, -0.05) is 24.3 Å². The molecular weight excluding hydrogens is 396 g/mol. The molecule has 2 aromatic carbocycles. The summed E-state index contributed by atoms with van der Waals surface area (Å²) in [5, 5.41) is 21.7. The fraction of sp³-hybridized carbons (Fsp3) is 0.217. The normalized spacial score (nSPS) is 18.5. The van der Waals surface area contributed by atoms with Crippen molar-refractivity contribution in [1.82, 2.24) is 0 Å². The number of carbonyl (C=O) groups is 1. The summed E-state index contributed by atoms with van der Waals surface area (Å²) in [5.41, 5.74) is 8.58. The maximum atomic E-state index is 13.1. The van der Waals surface area contributed by atoms with Crippen LogP contribution in [0, 0.1) is 21.4 Å². The van der Waals surface area contributed by atoms with Gasteiger partial charge in [-0.15, -0.1) is 0 Å². The molecule has 0 radical (unpaired) electrons. The third-order valence-corrected chi connectivity index (χ3v) is 5.68. The van der Waals surface area contributed by atoms with Gasteiger partial charge in [-0.05, 0) is 36.6 Å². The SMILES string of the molecule is COc1ccc([C@@H]2C(C#N)=C(N)N(c3ccccc3[N+](=O)[O-])C3=C2C(=O)CCC3)cc1. The summed E-state index contributed by atoms with van der Waals surface area (Å²) in [5.74, 6) is 0.0513. The van der Waals surface area contributed by atoms with Crippen LogP contribution in [0.15, 0.2) is 71.2 Å². The number of rotatable bonds is 4. The Balaban J connectivity index is 1.97. The van der Waals surface area contributed by atoms with Crippen LogP contribution in [0.25, 0.3) is 0 Å². The molecular formula is C23H20N4O4. The molecule has 1 atom stereocenters. The van der Waals surface area contributed by atoms with E-state index >= 15 is 0 Å². The van der Waals surface area contributed by atoms with E-state index in [1.165, 1.54) is 11.0 Å². The highest BCUT2D eigenvalue weighted by Crippen LogP contribution is 2.47. The van der Waals surface area contributed by atoms with Gasteiger partial charge in [0.2, 0.25) is 0 Å². The summed E-state index contributed by atoms with van der Waals surface area (Å²) < 4.78 is 5.22. The molecule has 2 aromatic rings. The first-order valence-electron chi connectivity index (χ1n) is 9.81. The Bertz CT molecular complexity index is 1170. The van der Waals surface area contributed by atoms with E-state index in [-0.39, 0.29) is 28.6 Å². The Morgan fingerprint density at radius 1 is 1.19 bits per heavy atom. The van der Waals surface area contributed by atoms with Crippen LogP contribution < -0.4 is 15.4 Å². The van der Waals surface area contributed by atoms with E-state index in [1.54, 1.807) is 49.6 Å². The largest absolute Gasteiger partial charge is 0.497 e. The number of hydrogen-bond acceptors (Lipinski definition) is 7. The predicted molar refractivity (Wildman–Crippen MR) is 114 cm³/mol. The minimum atomic E-state index is -0.627. The number of nitro groups is 1.